The summed E-state index contributed by atoms with van der Waals surface area (Å²) in [5.74, 6) is -0.170. The van der Waals surface area contributed by atoms with E-state index in [4.69, 9.17) is 9.47 Å². The number of carbonyl (C=O) groups is 1. The van der Waals surface area contributed by atoms with Gasteiger partial charge in [0.05, 0.1) is 7.11 Å². The van der Waals surface area contributed by atoms with Crippen LogP contribution in [-0.2, 0) is 25.1 Å². The molecule has 0 aliphatic carbocycles. The Kier molecular flexibility index (Phi) is 5.29. The van der Waals surface area contributed by atoms with Gasteiger partial charge < -0.3 is 14.6 Å². The fourth-order valence-corrected chi connectivity index (χ4v) is 2.43. The van der Waals surface area contributed by atoms with Crippen LogP contribution in [0.2, 0.25) is 0 Å². The Morgan fingerprint density at radius 2 is 1.41 bits per heavy atom. The number of hydrogen-bond donors (Lipinski definition) is 1. The van der Waals surface area contributed by atoms with Crippen LogP contribution in [0.15, 0.2) is 12.1 Å². The molecule has 0 saturated carbocycles. The minimum atomic E-state index is -0.798. The third-order valence-electron chi connectivity index (χ3n) is 3.70. The van der Waals surface area contributed by atoms with E-state index in [9.17, 15) is 9.90 Å². The van der Waals surface area contributed by atoms with Crippen LogP contribution in [-0.4, -0.2) is 25.3 Å². The second kappa shape index (κ2) is 6.29. The summed E-state index contributed by atoms with van der Waals surface area (Å²) in [6, 6.07) is 3.66. The first-order valence-electron chi connectivity index (χ1n) is 7.42. The fraction of sp³-hybridized carbons (Fsp3) is 0.611. The minimum Gasteiger partial charge on any atom is -0.507 e. The monoisotopic (exact) mass is 308 g/mol. The summed E-state index contributed by atoms with van der Waals surface area (Å²) in [5.41, 5.74) is 1.77. The molecule has 0 fully saturated rings. The van der Waals surface area contributed by atoms with E-state index in [-0.39, 0.29) is 16.6 Å². The highest BCUT2D eigenvalue weighted by molar-refractivity contribution is 5.77. The fourth-order valence-electron chi connectivity index (χ4n) is 2.43. The molecule has 0 aromatic heterocycles. The van der Waals surface area contributed by atoms with Gasteiger partial charge in [0.2, 0.25) is 0 Å². The Labute approximate surface area is 133 Å². The van der Waals surface area contributed by atoms with Crippen molar-refractivity contribution in [3.05, 3.63) is 28.8 Å². The van der Waals surface area contributed by atoms with Crippen LogP contribution in [0.25, 0.3) is 0 Å². The molecule has 4 nitrogen and oxygen atoms in total. The smallest absolute Gasteiger partial charge is 0.339 e. The van der Waals surface area contributed by atoms with E-state index < -0.39 is 12.1 Å². The van der Waals surface area contributed by atoms with Crippen molar-refractivity contribution in [1.82, 2.24) is 0 Å². The summed E-state index contributed by atoms with van der Waals surface area (Å²) >= 11 is 0. The Hall–Kier alpha value is -1.55. The van der Waals surface area contributed by atoms with Gasteiger partial charge in [0.15, 0.2) is 6.10 Å². The number of methoxy groups -OCH3 is 2. The molecule has 1 atom stereocenters. The summed E-state index contributed by atoms with van der Waals surface area (Å²) in [7, 11) is 2.81. The molecule has 1 N–H and O–H groups in total. The molecule has 0 radical (unpaired) electrons. The number of aromatic hydroxyl groups is 1. The van der Waals surface area contributed by atoms with E-state index >= 15 is 0 Å². The van der Waals surface area contributed by atoms with Crippen LogP contribution in [0, 0.1) is 0 Å². The predicted octanol–water partition coefficient (Wildman–Crippen LogP) is 3.85. The summed E-state index contributed by atoms with van der Waals surface area (Å²) in [4.78, 5) is 11.9. The number of benzene rings is 1. The predicted molar refractivity (Wildman–Crippen MR) is 87.3 cm³/mol. The molecule has 22 heavy (non-hydrogen) atoms. The lowest BCUT2D eigenvalue weighted by molar-refractivity contribution is -0.152. The van der Waals surface area contributed by atoms with E-state index in [1.54, 1.807) is 0 Å². The lowest BCUT2D eigenvalue weighted by Gasteiger charge is -2.29. The van der Waals surface area contributed by atoms with Crippen molar-refractivity contribution in [3.63, 3.8) is 0 Å². The van der Waals surface area contributed by atoms with Gasteiger partial charge in [-0.15, -0.1) is 0 Å². The average molecular weight is 308 g/mol. The minimum absolute atomic E-state index is 0.255. The molecule has 0 aliphatic rings. The highest BCUT2D eigenvalue weighted by Crippen LogP contribution is 2.41. The zero-order valence-electron chi connectivity index (χ0n) is 14.9. The first-order valence-corrected chi connectivity index (χ1v) is 7.42. The van der Waals surface area contributed by atoms with Crippen molar-refractivity contribution in [2.75, 3.05) is 14.2 Å². The maximum absolute atomic E-state index is 11.9. The number of carbonyl (C=O) groups excluding carboxylic acids is 1. The van der Waals surface area contributed by atoms with Gasteiger partial charge in [-0.1, -0.05) is 41.5 Å². The maximum atomic E-state index is 11.9. The Morgan fingerprint density at radius 3 is 1.68 bits per heavy atom. The van der Waals surface area contributed by atoms with Crippen LogP contribution >= 0.6 is 0 Å². The number of phenolic OH excluding ortho intramolecular Hbond substituents is 1. The van der Waals surface area contributed by atoms with Gasteiger partial charge >= 0.3 is 5.97 Å². The standard InChI is InChI=1S/C18H28O4/c1-17(2,3)12-9-11(15(21-7)16(20)22-8)10-13(14(12)19)18(4,5)6/h9-10,15,19H,1-8H3/t15-/m0/s1. The van der Waals surface area contributed by atoms with Gasteiger partial charge in [-0.05, 0) is 39.7 Å². The number of rotatable bonds is 3. The second-order valence-electron chi connectivity index (χ2n) is 7.60. The van der Waals surface area contributed by atoms with Crippen LogP contribution in [0.5, 0.6) is 5.75 Å². The number of phenols is 1. The van der Waals surface area contributed by atoms with Crippen molar-refractivity contribution >= 4 is 5.97 Å². The number of ether oxygens (including phenoxy) is 2. The molecule has 4 heteroatoms. The second-order valence-corrected chi connectivity index (χ2v) is 7.60. The highest BCUT2D eigenvalue weighted by Gasteiger charge is 2.30. The number of hydrogen-bond acceptors (Lipinski definition) is 4. The largest absolute Gasteiger partial charge is 0.507 e. The SMILES string of the molecule is COC(=O)[C@@H](OC)c1cc(C(C)(C)C)c(O)c(C(C)(C)C)c1. The van der Waals surface area contributed by atoms with Gasteiger partial charge in [0.25, 0.3) is 0 Å². The third-order valence-corrected chi connectivity index (χ3v) is 3.70. The van der Waals surface area contributed by atoms with Crippen LogP contribution in [0.1, 0.15) is 64.3 Å². The normalized spacial score (nSPS) is 13.8. The Bertz CT molecular complexity index is 512. The topological polar surface area (TPSA) is 55.8 Å². The van der Waals surface area contributed by atoms with Crippen molar-refractivity contribution in [3.8, 4) is 5.75 Å². The molecule has 124 valence electrons. The first kappa shape index (κ1) is 18.5. The molecule has 0 aliphatic heterocycles. The lowest BCUT2D eigenvalue weighted by atomic mass is 9.78. The zero-order chi connectivity index (χ0) is 17.3. The third kappa shape index (κ3) is 3.80. The molecular formula is C18H28O4. The van der Waals surface area contributed by atoms with Crippen LogP contribution in [0.3, 0.4) is 0 Å². The van der Waals surface area contributed by atoms with Crippen LogP contribution < -0.4 is 0 Å². The van der Waals surface area contributed by atoms with E-state index in [0.29, 0.717) is 5.56 Å². The van der Waals surface area contributed by atoms with Gasteiger partial charge in [-0.2, -0.15) is 0 Å². The van der Waals surface area contributed by atoms with Crippen molar-refractivity contribution in [1.29, 1.82) is 0 Å². The molecule has 0 spiro atoms. The molecule has 1 aromatic carbocycles. The molecule has 0 bridgehead atoms. The highest BCUT2D eigenvalue weighted by atomic mass is 16.6. The van der Waals surface area contributed by atoms with Gasteiger partial charge in [-0.3, -0.25) is 0 Å². The van der Waals surface area contributed by atoms with Crippen molar-refractivity contribution in [2.24, 2.45) is 0 Å². The molecule has 1 aromatic rings. The zero-order valence-corrected chi connectivity index (χ0v) is 14.9. The van der Waals surface area contributed by atoms with Gasteiger partial charge in [0, 0.05) is 7.11 Å². The van der Waals surface area contributed by atoms with E-state index in [1.165, 1.54) is 14.2 Å². The summed E-state index contributed by atoms with van der Waals surface area (Å²) in [5, 5.41) is 10.7. The van der Waals surface area contributed by atoms with E-state index in [0.717, 1.165) is 11.1 Å². The van der Waals surface area contributed by atoms with E-state index in [1.807, 2.05) is 53.7 Å². The van der Waals surface area contributed by atoms with Crippen molar-refractivity contribution < 1.29 is 19.4 Å². The summed E-state index contributed by atoms with van der Waals surface area (Å²) < 4.78 is 10.1. The molecule has 0 unspecified atom stereocenters. The van der Waals surface area contributed by atoms with Crippen molar-refractivity contribution in [2.45, 2.75) is 58.5 Å². The van der Waals surface area contributed by atoms with Gasteiger partial charge in [-0.25, -0.2) is 4.79 Å². The van der Waals surface area contributed by atoms with Gasteiger partial charge in [0.1, 0.15) is 5.75 Å². The maximum Gasteiger partial charge on any atom is 0.339 e. The first-order chi connectivity index (χ1) is 9.93. The average Bonchev–Trinajstić information content (AvgIpc) is 2.38. The summed E-state index contributed by atoms with van der Waals surface area (Å²) in [6.07, 6.45) is -0.798. The lowest BCUT2D eigenvalue weighted by Crippen LogP contribution is -2.21. The molecule has 0 heterocycles. The quantitative estimate of drug-likeness (QED) is 0.862. The van der Waals surface area contributed by atoms with E-state index in [2.05, 4.69) is 0 Å². The Morgan fingerprint density at radius 1 is 1.00 bits per heavy atom. The molecular weight excluding hydrogens is 280 g/mol. The molecule has 0 saturated heterocycles. The molecule has 1 rings (SSSR count). The Balaban J connectivity index is 3.64. The van der Waals surface area contributed by atoms with Crippen LogP contribution in [0.4, 0.5) is 0 Å². The number of esters is 1. The molecule has 0 amide bonds. The summed E-state index contributed by atoms with van der Waals surface area (Å²) in [6.45, 7) is 12.2.